The maximum atomic E-state index is 13.5. The molecule has 0 aliphatic heterocycles. The van der Waals surface area contributed by atoms with Gasteiger partial charge in [-0.1, -0.05) is 31.0 Å². The van der Waals surface area contributed by atoms with Crippen molar-refractivity contribution in [3.05, 3.63) is 33.9 Å². The first-order valence-corrected chi connectivity index (χ1v) is 11.8. The summed E-state index contributed by atoms with van der Waals surface area (Å²) in [4.78, 5) is 63.9. The number of benzene rings is 1. The van der Waals surface area contributed by atoms with Crippen LogP contribution in [-0.2, 0) is 25.6 Å². The number of fused-ring (bicyclic) bond motifs is 3. The first kappa shape index (κ1) is 24.3. The zero-order chi connectivity index (χ0) is 24.9. The Hall–Kier alpha value is -2.84. The van der Waals surface area contributed by atoms with E-state index < -0.39 is 58.3 Å². The Kier molecular flexibility index (Phi) is 6.25. The van der Waals surface area contributed by atoms with Crippen molar-refractivity contribution in [2.45, 2.75) is 51.0 Å². The quantitative estimate of drug-likeness (QED) is 0.537. The van der Waals surface area contributed by atoms with E-state index in [0.717, 1.165) is 12.8 Å². The number of aromatic hydroxyl groups is 1. The van der Waals surface area contributed by atoms with Gasteiger partial charge < -0.3 is 15.9 Å². The Morgan fingerprint density at radius 2 is 1.91 bits per heavy atom. The second kappa shape index (κ2) is 8.74. The summed E-state index contributed by atoms with van der Waals surface area (Å²) in [5, 5.41) is 22.3. The molecule has 4 N–H and O–H groups in total. The highest BCUT2D eigenvalue weighted by molar-refractivity contribution is 6.32. The Bertz CT molecular complexity index is 1160. The number of rotatable bonds is 5. The van der Waals surface area contributed by atoms with Crippen molar-refractivity contribution in [2.24, 2.45) is 29.4 Å². The summed E-state index contributed by atoms with van der Waals surface area (Å²) in [5.74, 6) is -10.2. The van der Waals surface area contributed by atoms with Crippen molar-refractivity contribution in [3.8, 4) is 5.75 Å². The van der Waals surface area contributed by atoms with Crippen LogP contribution < -0.4 is 5.73 Å². The third kappa shape index (κ3) is 3.60. The topological polar surface area (TPSA) is 152 Å². The fourth-order valence-corrected chi connectivity index (χ4v) is 5.96. The van der Waals surface area contributed by atoms with E-state index in [1.54, 1.807) is 12.1 Å². The summed E-state index contributed by atoms with van der Waals surface area (Å²) in [6.07, 6.45) is 4.18. The number of phenols is 1. The van der Waals surface area contributed by atoms with Gasteiger partial charge in [0.25, 0.3) is 0 Å². The second-order valence-corrected chi connectivity index (χ2v) is 9.95. The van der Waals surface area contributed by atoms with Gasteiger partial charge in [0.1, 0.15) is 5.75 Å². The lowest BCUT2D eigenvalue weighted by molar-refractivity contribution is -0.175. The molecule has 180 valence electrons. The molecule has 0 bridgehead atoms. The van der Waals surface area contributed by atoms with E-state index in [2.05, 4.69) is 0 Å². The molecule has 0 saturated heterocycles. The smallest absolute Gasteiger partial charge is 0.235 e. The molecule has 0 heterocycles. The first-order chi connectivity index (χ1) is 16.0. The summed E-state index contributed by atoms with van der Waals surface area (Å²) in [5.41, 5.74) is 3.71. The van der Waals surface area contributed by atoms with Gasteiger partial charge in [0.05, 0.1) is 11.5 Å². The molecule has 0 aromatic heterocycles. The number of primary amides is 1. The lowest BCUT2D eigenvalue weighted by Crippen LogP contribution is -2.68. The van der Waals surface area contributed by atoms with Crippen LogP contribution in [0.15, 0.2) is 17.2 Å². The van der Waals surface area contributed by atoms with Gasteiger partial charge in [-0.25, -0.2) is 0 Å². The van der Waals surface area contributed by atoms with E-state index in [0.29, 0.717) is 22.6 Å². The summed E-state index contributed by atoms with van der Waals surface area (Å²) in [7, 11) is 0. The highest BCUT2D eigenvalue weighted by Crippen LogP contribution is 2.50. The van der Waals surface area contributed by atoms with Gasteiger partial charge in [0, 0.05) is 17.4 Å². The van der Waals surface area contributed by atoms with Crippen molar-refractivity contribution in [1.82, 2.24) is 0 Å². The molecule has 8 nitrogen and oxygen atoms in total. The number of hydrogen-bond acceptors (Lipinski definition) is 7. The van der Waals surface area contributed by atoms with Crippen molar-refractivity contribution in [3.63, 3.8) is 0 Å². The Morgan fingerprint density at radius 1 is 1.21 bits per heavy atom. The SMILES string of the molecule is CCCC/C(Cl)=C/c1ccc(O)c2c1C[C@H]1C[C@H]3CC(=O)C(C(N)=O)C(=O)[C@@]3(O)C(=O)C1C2=O. The van der Waals surface area contributed by atoms with Gasteiger partial charge in [0.2, 0.25) is 5.91 Å². The molecule has 2 unspecified atom stereocenters. The van der Waals surface area contributed by atoms with Crippen molar-refractivity contribution < 1.29 is 34.2 Å². The van der Waals surface area contributed by atoms with Crippen molar-refractivity contribution in [1.29, 1.82) is 0 Å². The van der Waals surface area contributed by atoms with E-state index in [4.69, 9.17) is 17.3 Å². The number of hydrogen-bond donors (Lipinski definition) is 3. The number of Topliss-reactive ketones (excluding diaryl/α,β-unsaturated/α-hetero) is 4. The zero-order valence-electron chi connectivity index (χ0n) is 18.7. The van der Waals surface area contributed by atoms with E-state index in [-0.39, 0.29) is 30.6 Å². The van der Waals surface area contributed by atoms with Crippen LogP contribution in [-0.4, -0.2) is 44.9 Å². The van der Waals surface area contributed by atoms with Gasteiger partial charge in [0.15, 0.2) is 34.7 Å². The number of unbranched alkanes of at least 4 members (excludes halogenated alkanes) is 1. The molecule has 5 atom stereocenters. The van der Waals surface area contributed by atoms with Gasteiger partial charge in [-0.15, -0.1) is 0 Å². The first-order valence-electron chi connectivity index (χ1n) is 11.4. The number of ketones is 4. The number of halogens is 1. The number of amides is 1. The number of nitrogens with two attached hydrogens (primary N) is 1. The third-order valence-corrected chi connectivity index (χ3v) is 7.70. The lowest BCUT2D eigenvalue weighted by Gasteiger charge is -2.48. The van der Waals surface area contributed by atoms with E-state index in [9.17, 15) is 34.2 Å². The van der Waals surface area contributed by atoms with Crippen LogP contribution >= 0.6 is 11.6 Å². The molecule has 1 aromatic rings. The molecule has 2 saturated carbocycles. The zero-order valence-corrected chi connectivity index (χ0v) is 19.4. The molecule has 34 heavy (non-hydrogen) atoms. The number of phenolic OH excluding ortho intramolecular Hbond substituents is 1. The van der Waals surface area contributed by atoms with Gasteiger partial charge in [-0.2, -0.15) is 0 Å². The monoisotopic (exact) mass is 487 g/mol. The molecule has 3 aliphatic carbocycles. The van der Waals surface area contributed by atoms with Crippen molar-refractivity contribution >= 4 is 46.7 Å². The Balaban J connectivity index is 1.77. The molecule has 1 aromatic carbocycles. The molecule has 9 heteroatoms. The molecule has 0 spiro atoms. The summed E-state index contributed by atoms with van der Waals surface area (Å²) < 4.78 is 0. The standard InChI is InChI=1S/C25H26ClNO7/c1-2-3-4-14(26)8-11-5-6-16(28)19-15(11)9-12-7-13-10-17(29)20(24(27)33)23(32)25(13,34)22(31)18(12)21(19)30/h5-6,8,12-13,18,20,28,34H,2-4,7,9-10H2,1H3,(H2,27,33)/b14-8-/t12-,13+,18?,20?,25+/m1/s1. The summed E-state index contributed by atoms with van der Waals surface area (Å²) in [6.45, 7) is 2.04. The van der Waals surface area contributed by atoms with Crippen LogP contribution in [0, 0.1) is 23.7 Å². The summed E-state index contributed by atoms with van der Waals surface area (Å²) >= 11 is 6.37. The number of allylic oxidation sites excluding steroid dienone is 1. The molecule has 4 rings (SSSR count). The van der Waals surface area contributed by atoms with Gasteiger partial charge >= 0.3 is 0 Å². The highest BCUT2D eigenvalue weighted by Gasteiger charge is 2.66. The largest absolute Gasteiger partial charge is 0.507 e. The van der Waals surface area contributed by atoms with Crippen LogP contribution in [0.1, 0.15) is 60.5 Å². The molecule has 1 amide bonds. The minimum atomic E-state index is -2.64. The van der Waals surface area contributed by atoms with E-state index >= 15 is 0 Å². The molecular weight excluding hydrogens is 462 g/mol. The molecule has 0 radical (unpaired) electrons. The number of carbonyl (C=O) groups is 5. The Morgan fingerprint density at radius 3 is 2.56 bits per heavy atom. The number of carbonyl (C=O) groups excluding carboxylic acids is 5. The minimum absolute atomic E-state index is 0.0313. The van der Waals surface area contributed by atoms with E-state index in [1.165, 1.54) is 6.07 Å². The average molecular weight is 488 g/mol. The normalized spacial score (nSPS) is 31.1. The van der Waals surface area contributed by atoms with Gasteiger partial charge in [-0.3, -0.25) is 24.0 Å². The van der Waals surface area contributed by atoms with Crippen LogP contribution in [0.5, 0.6) is 5.75 Å². The third-order valence-electron chi connectivity index (χ3n) is 7.40. The lowest BCUT2D eigenvalue weighted by atomic mass is 9.53. The molecule has 3 aliphatic rings. The van der Waals surface area contributed by atoms with Crippen LogP contribution in [0.25, 0.3) is 6.08 Å². The van der Waals surface area contributed by atoms with Crippen LogP contribution in [0.4, 0.5) is 0 Å². The Labute approximate surface area is 201 Å². The maximum absolute atomic E-state index is 13.5. The fraction of sp³-hybridized carbons (Fsp3) is 0.480. The minimum Gasteiger partial charge on any atom is -0.507 e. The van der Waals surface area contributed by atoms with Crippen LogP contribution in [0.3, 0.4) is 0 Å². The van der Waals surface area contributed by atoms with Crippen molar-refractivity contribution in [2.75, 3.05) is 0 Å². The highest BCUT2D eigenvalue weighted by atomic mass is 35.5. The predicted octanol–water partition coefficient (Wildman–Crippen LogP) is 2.10. The molecular formula is C25H26ClNO7. The maximum Gasteiger partial charge on any atom is 0.235 e. The molecule has 2 fully saturated rings. The fourth-order valence-electron chi connectivity index (χ4n) is 5.71. The number of aliphatic hydroxyl groups is 1. The van der Waals surface area contributed by atoms with Gasteiger partial charge in [-0.05, 0) is 54.9 Å². The predicted molar refractivity (Wildman–Crippen MR) is 122 cm³/mol. The summed E-state index contributed by atoms with van der Waals surface area (Å²) in [6, 6.07) is 3.01. The average Bonchev–Trinajstić information content (AvgIpc) is 2.76. The van der Waals surface area contributed by atoms with Crippen LogP contribution in [0.2, 0.25) is 0 Å². The second-order valence-electron chi connectivity index (χ2n) is 9.46. The van der Waals surface area contributed by atoms with E-state index in [1.807, 2.05) is 6.92 Å².